The summed E-state index contributed by atoms with van der Waals surface area (Å²) in [6.45, 7) is 27.5. The van der Waals surface area contributed by atoms with Gasteiger partial charge in [0.25, 0.3) is 23.6 Å². The number of benzene rings is 2. The average molecular weight is 1620 g/mol. The van der Waals surface area contributed by atoms with E-state index in [1.807, 2.05) is 92.2 Å². The van der Waals surface area contributed by atoms with Gasteiger partial charge in [-0.2, -0.15) is 0 Å². The molecular weight excluding hydrogens is 1490 g/mol. The molecule has 1 saturated heterocycles. The summed E-state index contributed by atoms with van der Waals surface area (Å²) >= 11 is 0. The summed E-state index contributed by atoms with van der Waals surface area (Å²) in [4.78, 5) is 123. The van der Waals surface area contributed by atoms with Gasteiger partial charge in [-0.3, -0.25) is 33.6 Å². The van der Waals surface area contributed by atoms with Crippen LogP contribution in [-0.4, -0.2) is 163 Å². The minimum atomic E-state index is -0.969. The highest BCUT2D eigenvalue weighted by Crippen LogP contribution is 2.37. The van der Waals surface area contributed by atoms with Gasteiger partial charge in [0, 0.05) is 84.6 Å². The zero-order chi connectivity index (χ0) is 84.9. The van der Waals surface area contributed by atoms with E-state index in [0.717, 1.165) is 194 Å². The molecule has 25 nitrogen and oxygen atoms in total. The predicted molar refractivity (Wildman–Crippen MR) is 436 cm³/mol. The Morgan fingerprint density at radius 1 is 0.448 bits per heavy atom. The lowest BCUT2D eigenvalue weighted by Crippen LogP contribution is -2.53. The smallest absolute Gasteiger partial charge is 0.328 e. The van der Waals surface area contributed by atoms with E-state index < -0.39 is 81.5 Å². The van der Waals surface area contributed by atoms with Gasteiger partial charge in [-0.25, -0.2) is 42.3 Å². The fraction of sp³-hybridized carbons (Fsp3) is 0.609. The maximum atomic E-state index is 13.9. The van der Waals surface area contributed by atoms with Crippen molar-refractivity contribution in [3.63, 3.8) is 0 Å². The topological polar surface area (TPSA) is 302 Å². The second kappa shape index (κ2) is 39.1. The monoisotopic (exact) mass is 1610 g/mol. The summed E-state index contributed by atoms with van der Waals surface area (Å²) in [6, 6.07) is 4.42. The van der Waals surface area contributed by atoms with Crippen molar-refractivity contribution in [1.29, 1.82) is 0 Å². The van der Waals surface area contributed by atoms with Crippen LogP contribution < -0.4 is 31.9 Å². The summed E-state index contributed by atoms with van der Waals surface area (Å²) in [6.07, 6.45) is 22.7. The van der Waals surface area contributed by atoms with E-state index in [9.17, 15) is 55.9 Å². The Bertz CT molecular complexity index is 4560. The van der Waals surface area contributed by atoms with Gasteiger partial charge < -0.3 is 64.5 Å². The first-order chi connectivity index (χ1) is 54.8. The van der Waals surface area contributed by atoms with E-state index in [1.165, 1.54) is 42.6 Å². The number of methoxy groups -OCH3 is 1. The van der Waals surface area contributed by atoms with Crippen molar-refractivity contribution < 1.29 is 65.4 Å². The number of nitrogens with zero attached hydrogens (tertiary/aromatic N) is 9. The van der Waals surface area contributed by atoms with Crippen molar-refractivity contribution in [3.05, 3.63) is 123 Å². The maximum Gasteiger partial charge on any atom is 0.328 e. The second-order valence-electron chi connectivity index (χ2n) is 35.6. The maximum absolute atomic E-state index is 13.9. The van der Waals surface area contributed by atoms with E-state index >= 15 is 0 Å². The van der Waals surface area contributed by atoms with Gasteiger partial charge in [-0.1, -0.05) is 115 Å². The van der Waals surface area contributed by atoms with Gasteiger partial charge in [0.05, 0.1) is 29.9 Å². The first-order valence-electron chi connectivity index (χ1n) is 41.3. The molecule has 4 atom stereocenters. The number of fused-ring (bicyclic) bond motifs is 4. The average Bonchev–Trinajstić information content (AvgIpc) is 1.64. The molecule has 7 amide bonds. The Morgan fingerprint density at radius 3 is 1.16 bits per heavy atom. The molecule has 12 rings (SSSR count). The molecule has 1 aliphatic carbocycles. The molecule has 4 aromatic heterocycles. The quantitative estimate of drug-likeness (QED) is 0.0388. The number of allylic oxidation sites excluding steroid dienone is 2. The third-order valence-electron chi connectivity index (χ3n) is 22.3. The molecule has 0 bridgehead atoms. The number of rotatable bonds is 16. The number of aromatic nitrogens is 8. The fourth-order valence-corrected chi connectivity index (χ4v) is 15.8. The Labute approximate surface area is 680 Å². The largest absolute Gasteiger partial charge is 0.467 e. The van der Waals surface area contributed by atoms with Crippen molar-refractivity contribution in [3.8, 4) is 22.8 Å². The molecule has 9 heterocycles. The second-order valence-corrected chi connectivity index (χ2v) is 35.6. The van der Waals surface area contributed by atoms with Crippen LogP contribution in [0, 0.1) is 44.9 Å². The number of esters is 1. The van der Waals surface area contributed by atoms with Crippen molar-refractivity contribution in [1.82, 2.24) is 75.0 Å². The van der Waals surface area contributed by atoms with E-state index in [-0.39, 0.29) is 46.3 Å². The predicted octanol–water partition coefficient (Wildman–Crippen LogP) is 13.1. The summed E-state index contributed by atoms with van der Waals surface area (Å²) in [7, 11) is 7.77. The number of amides is 7. The first kappa shape index (κ1) is 90.4. The van der Waals surface area contributed by atoms with Crippen LogP contribution in [-0.2, 0) is 80.5 Å². The van der Waals surface area contributed by atoms with Crippen LogP contribution in [0.4, 0.5) is 17.6 Å². The SMILES string of the molecule is CN(C)C(=O)[C@@H](NC(=O)c1nc(-c2ccc(F)c(F)c2)n2c1CCCCC2)C(C)(C)C.CNC(=O)[C@@H](NC(=O)c1nc(C2=CCCC2)n2c1CCCCC2)C(C)(C)C.CNC(=O)[C@@H](NC(=O)c1nc(C2CCOCC2)n2c1CCCCC2)C(C)(C)C.COC(=O)[C@@H](NC(=O)c1nc(-c2ccc(F)c(F)c2)n2c1CCCCC2)C(C)(C)C. The molecule has 634 valence electrons. The van der Waals surface area contributed by atoms with Crippen LogP contribution >= 0.6 is 0 Å². The Kier molecular flexibility index (Phi) is 30.5. The van der Waals surface area contributed by atoms with Gasteiger partial charge >= 0.3 is 5.97 Å². The molecule has 6 aromatic rings. The molecular formula is C87H123F4N15O10. The number of hydrogen-bond acceptors (Lipinski definition) is 14. The number of nitrogens with one attached hydrogen (secondary N) is 6. The molecule has 29 heteroatoms. The molecule has 116 heavy (non-hydrogen) atoms. The Balaban J connectivity index is 0.000000177. The lowest BCUT2D eigenvalue weighted by molar-refractivity contribution is -0.145. The summed E-state index contributed by atoms with van der Waals surface area (Å²) < 4.78 is 73.3. The lowest BCUT2D eigenvalue weighted by Gasteiger charge is -2.32. The molecule has 0 radical (unpaired) electrons. The highest BCUT2D eigenvalue weighted by Gasteiger charge is 2.41. The van der Waals surface area contributed by atoms with Crippen LogP contribution in [0.3, 0.4) is 0 Å². The van der Waals surface area contributed by atoms with E-state index in [0.29, 0.717) is 66.0 Å². The van der Waals surface area contributed by atoms with E-state index in [1.54, 1.807) is 28.2 Å². The van der Waals surface area contributed by atoms with Crippen LogP contribution in [0.15, 0.2) is 42.5 Å². The summed E-state index contributed by atoms with van der Waals surface area (Å²) in [5.41, 5.74) is 5.22. The highest BCUT2D eigenvalue weighted by atomic mass is 19.2. The summed E-state index contributed by atoms with van der Waals surface area (Å²) in [5.74, 6) is -3.13. The molecule has 1 fully saturated rings. The molecule has 6 aliphatic rings. The zero-order valence-electron chi connectivity index (χ0n) is 71.1. The highest BCUT2D eigenvalue weighted by molar-refractivity contribution is 6.00. The van der Waals surface area contributed by atoms with Crippen LogP contribution in [0.5, 0.6) is 0 Å². The molecule has 0 unspecified atom stereocenters. The zero-order valence-corrected chi connectivity index (χ0v) is 71.1. The third kappa shape index (κ3) is 22.0. The minimum Gasteiger partial charge on any atom is -0.467 e. The molecule has 0 saturated carbocycles. The Hall–Kier alpha value is -9.54. The van der Waals surface area contributed by atoms with Gasteiger partial charge in [0.15, 0.2) is 23.3 Å². The van der Waals surface area contributed by atoms with Gasteiger partial charge in [-0.15, -0.1) is 0 Å². The first-order valence-corrected chi connectivity index (χ1v) is 41.3. The number of imidazole rings is 4. The normalized spacial score (nSPS) is 16.9. The molecule has 0 spiro atoms. The number of ether oxygens (including phenoxy) is 2. The number of likely N-dealkylation sites (N-methyl/N-ethyl adjacent to an activating group) is 3. The van der Waals surface area contributed by atoms with Gasteiger partial charge in [0.2, 0.25) is 17.7 Å². The fourth-order valence-electron chi connectivity index (χ4n) is 15.8. The molecule has 6 N–H and O–H groups in total. The molecule has 5 aliphatic heterocycles. The number of carbonyl (C=O) groups is 8. The van der Waals surface area contributed by atoms with Crippen LogP contribution in [0.25, 0.3) is 28.3 Å². The van der Waals surface area contributed by atoms with E-state index in [2.05, 4.69) is 57.1 Å². The van der Waals surface area contributed by atoms with Crippen molar-refractivity contribution in [2.45, 2.75) is 274 Å². The van der Waals surface area contributed by atoms with Gasteiger partial charge in [-0.05, 0) is 173 Å². The van der Waals surface area contributed by atoms with Crippen molar-refractivity contribution >= 4 is 52.9 Å². The van der Waals surface area contributed by atoms with Crippen LogP contribution in [0.2, 0.25) is 0 Å². The number of halogens is 4. The Morgan fingerprint density at radius 2 is 0.802 bits per heavy atom. The van der Waals surface area contributed by atoms with Crippen molar-refractivity contribution in [2.75, 3.05) is 48.5 Å². The third-order valence-corrected chi connectivity index (χ3v) is 22.3. The molecule has 2 aromatic carbocycles. The standard InChI is InChI=1S/C23H30F2N4O2.C22H27F2N3O3.C21H34N4O3.C21H32N4O2/c1-23(2,3)19(22(31)28(4)5)27-21(30)18-17-9-7-6-8-12-29(17)20(26-18)14-10-11-15(24)16(25)13-14;1-22(2,3)18(21(29)30-4)26-20(28)17-16-8-6-5-7-11-27(16)19(25-17)13-9-10-14(23)15(24)12-13;1-21(2,3)17(20(27)22-4)24-19(26)16-15-8-6-5-7-11-25(15)18(23-16)14-9-12-28-13-10-14;1-21(2,3)17(20(27)22-4)24-19(26)16-15-12-6-5-9-13-25(15)18(23-16)14-10-7-8-11-14/h10-11,13,19H,6-9,12H2,1-5H3,(H,27,30);9-10,12,18H,5-8,11H2,1-4H3,(H,26,28);14,17H,5-13H2,1-4H3,(H,22,27)(H,24,26);10,17H,5-9,11-13H2,1-4H3,(H,22,27)(H,24,26)/t19-;18-;2*17-/m1111/s1. The number of carbonyl (C=O) groups excluding carboxylic acids is 8. The van der Waals surface area contributed by atoms with Gasteiger partial charge in [0.1, 0.15) is 70.2 Å². The van der Waals surface area contributed by atoms with Crippen molar-refractivity contribution in [2.24, 2.45) is 21.7 Å². The minimum absolute atomic E-state index is 0.181. The van der Waals surface area contributed by atoms with Crippen LogP contribution in [0.1, 0.15) is 275 Å². The van der Waals surface area contributed by atoms with E-state index in [4.69, 9.17) is 19.4 Å². The summed E-state index contributed by atoms with van der Waals surface area (Å²) in [5, 5.41) is 16.9. The number of hydrogen-bond donors (Lipinski definition) is 6. The lowest BCUT2D eigenvalue weighted by atomic mass is 9.85.